The molecule has 0 saturated heterocycles. The van der Waals surface area contributed by atoms with Crippen LogP contribution in [0.25, 0.3) is 0 Å². The van der Waals surface area contributed by atoms with Crippen LogP contribution in [0.15, 0.2) is 30.3 Å². The van der Waals surface area contributed by atoms with Gasteiger partial charge in [0.25, 0.3) is 0 Å². The molecule has 0 unspecified atom stereocenters. The number of carbonyl (C=O) groups excluding carboxylic acids is 1. The summed E-state index contributed by atoms with van der Waals surface area (Å²) in [6, 6.07) is 9.31. The molecule has 4 N–H and O–H groups in total. The van der Waals surface area contributed by atoms with Crippen LogP contribution < -0.4 is 10.6 Å². The number of rotatable bonds is 8. The van der Waals surface area contributed by atoms with Gasteiger partial charge in [0.15, 0.2) is 0 Å². The number of hydrogen-bond acceptors (Lipinski definition) is 4. The van der Waals surface area contributed by atoms with E-state index in [-0.39, 0.29) is 5.91 Å². The molecular formula is C14H23BN2O3. The third-order valence-electron chi connectivity index (χ3n) is 3.23. The van der Waals surface area contributed by atoms with E-state index in [4.69, 9.17) is 0 Å². The van der Waals surface area contributed by atoms with E-state index in [1.165, 1.54) is 0 Å². The monoisotopic (exact) mass is 278 g/mol. The lowest BCUT2D eigenvalue weighted by molar-refractivity contribution is -0.123. The van der Waals surface area contributed by atoms with Crippen LogP contribution in [0.2, 0.25) is 0 Å². The summed E-state index contributed by atoms with van der Waals surface area (Å²) in [6.45, 7) is 1.93. The molecule has 0 aromatic heterocycles. The lowest BCUT2D eigenvalue weighted by Crippen LogP contribution is -2.53. The van der Waals surface area contributed by atoms with Crippen molar-refractivity contribution in [2.75, 3.05) is 7.05 Å². The van der Waals surface area contributed by atoms with Gasteiger partial charge >= 0.3 is 7.12 Å². The van der Waals surface area contributed by atoms with Crippen LogP contribution >= 0.6 is 0 Å². The van der Waals surface area contributed by atoms with Crippen LogP contribution in [0, 0.1) is 0 Å². The van der Waals surface area contributed by atoms with E-state index in [2.05, 4.69) is 10.6 Å². The fourth-order valence-electron chi connectivity index (χ4n) is 2.07. The van der Waals surface area contributed by atoms with Gasteiger partial charge in [-0.2, -0.15) is 0 Å². The summed E-state index contributed by atoms with van der Waals surface area (Å²) < 4.78 is 0. The molecule has 0 radical (unpaired) electrons. The molecule has 1 amide bonds. The SMILES string of the molecule is CCC[C@H](NC(=O)[C@H](Cc1ccccc1)NC)B(O)O. The summed E-state index contributed by atoms with van der Waals surface area (Å²) in [5.41, 5.74) is 1.05. The quantitative estimate of drug-likeness (QED) is 0.509. The molecule has 0 saturated carbocycles. The van der Waals surface area contributed by atoms with Gasteiger partial charge in [0.1, 0.15) is 0 Å². The highest BCUT2D eigenvalue weighted by Crippen LogP contribution is 2.05. The average Bonchev–Trinajstić information content (AvgIpc) is 2.45. The van der Waals surface area contributed by atoms with Crippen molar-refractivity contribution in [3.8, 4) is 0 Å². The number of likely N-dealkylation sites (N-methyl/N-ethyl adjacent to an activating group) is 1. The Balaban J connectivity index is 2.62. The van der Waals surface area contributed by atoms with Crippen molar-refractivity contribution < 1.29 is 14.8 Å². The van der Waals surface area contributed by atoms with Gasteiger partial charge in [0.05, 0.1) is 12.0 Å². The number of hydrogen-bond donors (Lipinski definition) is 4. The molecule has 20 heavy (non-hydrogen) atoms. The minimum Gasteiger partial charge on any atom is -0.426 e. The Hall–Kier alpha value is -1.37. The first-order valence-corrected chi connectivity index (χ1v) is 6.96. The molecule has 1 aromatic carbocycles. The molecule has 0 spiro atoms. The van der Waals surface area contributed by atoms with Crippen molar-refractivity contribution in [2.45, 2.75) is 38.2 Å². The van der Waals surface area contributed by atoms with Gasteiger partial charge in [-0.3, -0.25) is 4.79 Å². The Morgan fingerprint density at radius 2 is 1.95 bits per heavy atom. The van der Waals surface area contributed by atoms with Gasteiger partial charge in [-0.25, -0.2) is 0 Å². The first-order valence-electron chi connectivity index (χ1n) is 6.96. The zero-order valence-electron chi connectivity index (χ0n) is 12.0. The summed E-state index contributed by atoms with van der Waals surface area (Å²) in [6.07, 6.45) is 1.86. The average molecular weight is 278 g/mol. The van der Waals surface area contributed by atoms with E-state index >= 15 is 0 Å². The maximum absolute atomic E-state index is 12.2. The van der Waals surface area contributed by atoms with Gasteiger partial charge in [-0.05, 0) is 25.5 Å². The van der Waals surface area contributed by atoms with Crippen LogP contribution in [0.4, 0.5) is 0 Å². The number of benzene rings is 1. The highest BCUT2D eigenvalue weighted by Gasteiger charge is 2.27. The van der Waals surface area contributed by atoms with E-state index in [0.717, 1.165) is 12.0 Å². The lowest BCUT2D eigenvalue weighted by Gasteiger charge is -2.21. The highest BCUT2D eigenvalue weighted by atomic mass is 16.4. The van der Waals surface area contributed by atoms with Crippen LogP contribution in [0.1, 0.15) is 25.3 Å². The zero-order chi connectivity index (χ0) is 15.0. The maximum Gasteiger partial charge on any atom is 0.475 e. The molecule has 0 bridgehead atoms. The molecule has 110 valence electrons. The van der Waals surface area contributed by atoms with Crippen molar-refractivity contribution in [2.24, 2.45) is 0 Å². The van der Waals surface area contributed by atoms with Crippen LogP contribution in [0.3, 0.4) is 0 Å². The first-order chi connectivity index (χ1) is 9.58. The fourth-order valence-corrected chi connectivity index (χ4v) is 2.07. The topological polar surface area (TPSA) is 81.6 Å². The Morgan fingerprint density at radius 3 is 2.45 bits per heavy atom. The summed E-state index contributed by atoms with van der Waals surface area (Å²) in [4.78, 5) is 12.2. The van der Waals surface area contributed by atoms with Gasteiger partial charge in [0.2, 0.25) is 5.91 Å². The molecule has 1 aromatic rings. The second-order valence-corrected chi connectivity index (χ2v) is 4.85. The van der Waals surface area contributed by atoms with Crippen molar-refractivity contribution >= 4 is 13.0 Å². The van der Waals surface area contributed by atoms with Gasteiger partial charge in [-0.15, -0.1) is 0 Å². The lowest BCUT2D eigenvalue weighted by atomic mass is 9.76. The predicted octanol–water partition coefficient (Wildman–Crippen LogP) is 0.114. The van der Waals surface area contributed by atoms with E-state index in [1.54, 1.807) is 7.05 Å². The van der Waals surface area contributed by atoms with Crippen LogP contribution in [0.5, 0.6) is 0 Å². The second kappa shape index (κ2) is 8.74. The maximum atomic E-state index is 12.2. The Kier molecular flexibility index (Phi) is 7.29. The number of nitrogens with one attached hydrogen (secondary N) is 2. The zero-order valence-corrected chi connectivity index (χ0v) is 12.0. The summed E-state index contributed by atoms with van der Waals surface area (Å²) in [5, 5.41) is 24.2. The minimum atomic E-state index is -1.53. The summed E-state index contributed by atoms with van der Waals surface area (Å²) in [7, 11) is 0.185. The summed E-state index contributed by atoms with van der Waals surface area (Å²) in [5.74, 6) is -0.845. The van der Waals surface area contributed by atoms with E-state index in [0.29, 0.717) is 12.8 Å². The Labute approximate surface area is 120 Å². The van der Waals surface area contributed by atoms with Crippen molar-refractivity contribution in [1.29, 1.82) is 0 Å². The molecule has 6 heteroatoms. The third kappa shape index (κ3) is 5.32. The van der Waals surface area contributed by atoms with E-state index in [1.807, 2.05) is 37.3 Å². The van der Waals surface area contributed by atoms with Crippen LogP contribution in [-0.2, 0) is 11.2 Å². The number of carbonyl (C=O) groups is 1. The third-order valence-corrected chi connectivity index (χ3v) is 3.23. The standard InChI is InChI=1S/C14H23BN2O3/c1-3-7-13(15(19)20)17-14(18)12(16-2)10-11-8-5-4-6-9-11/h4-6,8-9,12-13,16,19-20H,3,7,10H2,1-2H3,(H,17,18)/t12-,13-/m0/s1. The second-order valence-electron chi connectivity index (χ2n) is 4.85. The van der Waals surface area contributed by atoms with Gasteiger partial charge in [-0.1, -0.05) is 43.7 Å². The molecule has 0 heterocycles. The molecule has 5 nitrogen and oxygen atoms in total. The number of amides is 1. The normalized spacial score (nSPS) is 13.6. The Bertz CT molecular complexity index is 401. The van der Waals surface area contributed by atoms with Crippen molar-refractivity contribution in [3.05, 3.63) is 35.9 Å². The van der Waals surface area contributed by atoms with Crippen molar-refractivity contribution in [1.82, 2.24) is 10.6 Å². The smallest absolute Gasteiger partial charge is 0.426 e. The van der Waals surface area contributed by atoms with Gasteiger partial charge in [0, 0.05) is 0 Å². The van der Waals surface area contributed by atoms with E-state index in [9.17, 15) is 14.8 Å². The molecule has 0 aliphatic carbocycles. The fraction of sp³-hybridized carbons (Fsp3) is 0.500. The molecular weight excluding hydrogens is 255 g/mol. The first kappa shape index (κ1) is 16.7. The van der Waals surface area contributed by atoms with Crippen LogP contribution in [-0.4, -0.2) is 42.1 Å². The molecule has 0 aliphatic heterocycles. The predicted molar refractivity (Wildman–Crippen MR) is 80.0 cm³/mol. The van der Waals surface area contributed by atoms with E-state index < -0.39 is 19.1 Å². The molecule has 0 aliphatic rings. The molecule has 2 atom stereocenters. The van der Waals surface area contributed by atoms with Crippen molar-refractivity contribution in [3.63, 3.8) is 0 Å². The molecule has 1 rings (SSSR count). The summed E-state index contributed by atoms with van der Waals surface area (Å²) >= 11 is 0. The van der Waals surface area contributed by atoms with Gasteiger partial charge < -0.3 is 20.7 Å². The minimum absolute atomic E-state index is 0.220. The largest absolute Gasteiger partial charge is 0.475 e. The molecule has 0 fully saturated rings. The Morgan fingerprint density at radius 1 is 1.30 bits per heavy atom. The highest BCUT2D eigenvalue weighted by molar-refractivity contribution is 6.43.